The minimum atomic E-state index is 0.291. The summed E-state index contributed by atoms with van der Waals surface area (Å²) in [6.07, 6.45) is 3.26. The van der Waals surface area contributed by atoms with Gasteiger partial charge in [0.1, 0.15) is 0 Å². The molecule has 1 amide bonds. The van der Waals surface area contributed by atoms with Gasteiger partial charge in [-0.15, -0.1) is 0 Å². The quantitative estimate of drug-likeness (QED) is 0.606. The van der Waals surface area contributed by atoms with Crippen LogP contribution < -0.4 is 0 Å². The van der Waals surface area contributed by atoms with E-state index in [2.05, 4.69) is 25.7 Å². The van der Waals surface area contributed by atoms with Crippen molar-refractivity contribution in [2.75, 3.05) is 6.54 Å². The maximum absolute atomic E-state index is 11.6. The van der Waals surface area contributed by atoms with Gasteiger partial charge in [0.25, 0.3) is 0 Å². The van der Waals surface area contributed by atoms with Crippen LogP contribution in [0.15, 0.2) is 0 Å². The monoisotopic (exact) mass is 181 g/mol. The average molecular weight is 181 g/mol. The van der Waals surface area contributed by atoms with E-state index in [0.29, 0.717) is 23.3 Å². The minimum Gasteiger partial charge on any atom is -0.339 e. The molecule has 2 aliphatic rings. The van der Waals surface area contributed by atoms with Gasteiger partial charge in [0.15, 0.2) is 0 Å². The summed E-state index contributed by atoms with van der Waals surface area (Å²) in [6, 6.07) is 0.611. The van der Waals surface area contributed by atoms with E-state index in [0.717, 1.165) is 13.0 Å². The SMILES string of the molecule is CC(C)(C)C1CC(=O)N(C2CC2)C1. The molecular weight excluding hydrogens is 162 g/mol. The molecule has 0 radical (unpaired) electrons. The maximum atomic E-state index is 11.6. The van der Waals surface area contributed by atoms with Crippen LogP contribution in [-0.2, 0) is 4.79 Å². The summed E-state index contributed by atoms with van der Waals surface area (Å²) in [5, 5.41) is 0. The van der Waals surface area contributed by atoms with E-state index in [4.69, 9.17) is 0 Å². The largest absolute Gasteiger partial charge is 0.339 e. The van der Waals surface area contributed by atoms with Crippen LogP contribution >= 0.6 is 0 Å². The van der Waals surface area contributed by atoms with E-state index >= 15 is 0 Å². The van der Waals surface area contributed by atoms with Crippen molar-refractivity contribution < 1.29 is 4.79 Å². The lowest BCUT2D eigenvalue weighted by molar-refractivity contribution is -0.128. The second-order valence-corrected chi connectivity index (χ2v) is 5.54. The molecule has 0 aromatic heterocycles. The zero-order valence-corrected chi connectivity index (χ0v) is 8.84. The van der Waals surface area contributed by atoms with Crippen LogP contribution in [0.5, 0.6) is 0 Å². The third kappa shape index (κ3) is 1.72. The molecule has 1 aliphatic heterocycles. The lowest BCUT2D eigenvalue weighted by atomic mass is 9.80. The highest BCUT2D eigenvalue weighted by Crippen LogP contribution is 2.39. The molecule has 1 heterocycles. The Morgan fingerprint density at radius 3 is 2.31 bits per heavy atom. The van der Waals surface area contributed by atoms with Crippen LogP contribution in [0.4, 0.5) is 0 Å². The molecule has 1 aliphatic carbocycles. The molecule has 2 rings (SSSR count). The van der Waals surface area contributed by atoms with Crippen LogP contribution in [0.3, 0.4) is 0 Å². The van der Waals surface area contributed by atoms with Crippen molar-refractivity contribution in [3.8, 4) is 0 Å². The molecule has 1 atom stereocenters. The van der Waals surface area contributed by atoms with E-state index in [-0.39, 0.29) is 0 Å². The Morgan fingerprint density at radius 2 is 1.92 bits per heavy atom. The summed E-state index contributed by atoms with van der Waals surface area (Å²) < 4.78 is 0. The zero-order valence-electron chi connectivity index (χ0n) is 8.84. The van der Waals surface area contributed by atoms with Gasteiger partial charge in [0.2, 0.25) is 5.91 Å². The number of nitrogens with zero attached hydrogens (tertiary/aromatic N) is 1. The van der Waals surface area contributed by atoms with Crippen molar-refractivity contribution in [2.24, 2.45) is 11.3 Å². The standard InChI is InChI=1S/C11H19NO/c1-11(2,3)8-6-10(13)12(7-8)9-4-5-9/h8-9H,4-7H2,1-3H3. The topological polar surface area (TPSA) is 20.3 Å². The number of carbonyl (C=O) groups is 1. The fraction of sp³-hybridized carbons (Fsp3) is 0.909. The van der Waals surface area contributed by atoms with E-state index in [1.165, 1.54) is 12.8 Å². The van der Waals surface area contributed by atoms with Crippen molar-refractivity contribution >= 4 is 5.91 Å². The molecule has 0 N–H and O–H groups in total. The summed E-state index contributed by atoms with van der Waals surface area (Å²) >= 11 is 0. The number of carbonyl (C=O) groups excluding carboxylic acids is 1. The first-order chi connectivity index (χ1) is 5.98. The molecule has 2 nitrogen and oxygen atoms in total. The zero-order chi connectivity index (χ0) is 9.64. The number of hydrogen-bond acceptors (Lipinski definition) is 1. The van der Waals surface area contributed by atoms with Gasteiger partial charge in [-0.05, 0) is 24.2 Å². The minimum absolute atomic E-state index is 0.291. The van der Waals surface area contributed by atoms with E-state index < -0.39 is 0 Å². The average Bonchev–Trinajstić information content (AvgIpc) is 2.73. The maximum Gasteiger partial charge on any atom is 0.223 e. The van der Waals surface area contributed by atoms with Crippen LogP contribution in [0.25, 0.3) is 0 Å². The third-order valence-electron chi connectivity index (χ3n) is 3.37. The number of likely N-dealkylation sites (tertiary alicyclic amines) is 1. The van der Waals surface area contributed by atoms with Gasteiger partial charge in [0.05, 0.1) is 0 Å². The predicted octanol–water partition coefficient (Wildman–Crippen LogP) is 2.04. The number of hydrogen-bond donors (Lipinski definition) is 0. The van der Waals surface area contributed by atoms with Gasteiger partial charge in [-0.25, -0.2) is 0 Å². The molecule has 0 aromatic carbocycles. The van der Waals surface area contributed by atoms with Gasteiger partial charge in [-0.3, -0.25) is 4.79 Å². The lowest BCUT2D eigenvalue weighted by Gasteiger charge is -2.26. The molecule has 74 valence electrons. The molecule has 13 heavy (non-hydrogen) atoms. The Balaban J connectivity index is 2.02. The molecule has 0 bridgehead atoms. The molecule has 0 aromatic rings. The second kappa shape index (κ2) is 2.73. The Hall–Kier alpha value is -0.530. The first kappa shape index (κ1) is 9.04. The first-order valence-corrected chi connectivity index (χ1v) is 5.28. The highest BCUT2D eigenvalue weighted by molar-refractivity contribution is 5.79. The molecule has 1 unspecified atom stereocenters. The Labute approximate surface area is 80.3 Å². The van der Waals surface area contributed by atoms with Crippen molar-refractivity contribution in [3.63, 3.8) is 0 Å². The first-order valence-electron chi connectivity index (χ1n) is 5.28. The van der Waals surface area contributed by atoms with E-state index in [9.17, 15) is 4.79 Å². The molecule has 1 saturated carbocycles. The fourth-order valence-corrected chi connectivity index (χ4v) is 2.05. The molecular formula is C11H19NO. The second-order valence-electron chi connectivity index (χ2n) is 5.54. The van der Waals surface area contributed by atoms with Crippen LogP contribution in [-0.4, -0.2) is 23.4 Å². The predicted molar refractivity (Wildman–Crippen MR) is 52.3 cm³/mol. The molecule has 1 saturated heterocycles. The van der Waals surface area contributed by atoms with Crippen LogP contribution in [0.1, 0.15) is 40.0 Å². The Morgan fingerprint density at radius 1 is 1.31 bits per heavy atom. The highest BCUT2D eigenvalue weighted by Gasteiger charge is 2.42. The van der Waals surface area contributed by atoms with Crippen LogP contribution in [0, 0.1) is 11.3 Å². The summed E-state index contributed by atoms with van der Waals surface area (Å²) in [4.78, 5) is 13.7. The van der Waals surface area contributed by atoms with Gasteiger partial charge >= 0.3 is 0 Å². The molecule has 2 fully saturated rings. The number of rotatable bonds is 1. The van der Waals surface area contributed by atoms with E-state index in [1.54, 1.807) is 0 Å². The van der Waals surface area contributed by atoms with E-state index in [1.807, 2.05) is 0 Å². The van der Waals surface area contributed by atoms with Crippen molar-refractivity contribution in [3.05, 3.63) is 0 Å². The summed E-state index contributed by atoms with van der Waals surface area (Å²) in [5.41, 5.74) is 0.291. The lowest BCUT2D eigenvalue weighted by Crippen LogP contribution is -2.29. The van der Waals surface area contributed by atoms with Gasteiger partial charge in [-0.2, -0.15) is 0 Å². The van der Waals surface area contributed by atoms with Gasteiger partial charge < -0.3 is 4.90 Å². The summed E-state index contributed by atoms with van der Waals surface area (Å²) in [6.45, 7) is 7.72. The highest BCUT2D eigenvalue weighted by atomic mass is 16.2. The fourth-order valence-electron chi connectivity index (χ4n) is 2.05. The van der Waals surface area contributed by atoms with Crippen molar-refractivity contribution in [2.45, 2.75) is 46.1 Å². The molecule has 2 heteroatoms. The van der Waals surface area contributed by atoms with Crippen molar-refractivity contribution in [1.82, 2.24) is 4.90 Å². The Bertz CT molecular complexity index is 225. The smallest absolute Gasteiger partial charge is 0.223 e. The van der Waals surface area contributed by atoms with Crippen molar-refractivity contribution in [1.29, 1.82) is 0 Å². The number of amides is 1. The third-order valence-corrected chi connectivity index (χ3v) is 3.37. The normalized spacial score (nSPS) is 29.9. The Kier molecular flexibility index (Phi) is 1.90. The summed E-state index contributed by atoms with van der Waals surface area (Å²) in [7, 11) is 0. The van der Waals surface area contributed by atoms with Gasteiger partial charge in [0, 0.05) is 19.0 Å². The molecule has 0 spiro atoms. The van der Waals surface area contributed by atoms with Crippen LogP contribution in [0.2, 0.25) is 0 Å². The summed E-state index contributed by atoms with van der Waals surface area (Å²) in [5.74, 6) is 0.961. The van der Waals surface area contributed by atoms with Gasteiger partial charge in [-0.1, -0.05) is 20.8 Å².